The number of nitrogens with one attached hydrogen (secondary N) is 1. The number of ether oxygens (including phenoxy) is 1. The summed E-state index contributed by atoms with van der Waals surface area (Å²) in [7, 11) is 1.84. The van der Waals surface area contributed by atoms with Gasteiger partial charge in [0.15, 0.2) is 0 Å². The first-order chi connectivity index (χ1) is 38.4. The molecule has 0 amide bonds. The van der Waals surface area contributed by atoms with Crippen molar-refractivity contribution in [3.05, 3.63) is 88.0 Å². The van der Waals surface area contributed by atoms with E-state index in [9.17, 15) is 0 Å². The van der Waals surface area contributed by atoms with Gasteiger partial charge in [-0.3, -0.25) is 0 Å². The lowest BCUT2D eigenvalue weighted by molar-refractivity contribution is 0.334. The van der Waals surface area contributed by atoms with E-state index in [2.05, 4.69) is 54.6 Å². The molecule has 2 atom stereocenters. The second kappa shape index (κ2) is 7.00. The van der Waals surface area contributed by atoms with Gasteiger partial charge in [-0.25, -0.2) is 0 Å². The highest BCUT2D eigenvalue weighted by Crippen LogP contribution is 2.88. The average Bonchev–Trinajstić information content (AvgIpc) is 1.99. The molecule has 0 radical (unpaired) electrons. The van der Waals surface area contributed by atoms with Gasteiger partial charge >= 0.3 is 0 Å². The lowest BCUT2D eigenvalue weighted by atomic mass is 9.45. The van der Waals surface area contributed by atoms with Crippen molar-refractivity contribution in [2.75, 3.05) is 7.11 Å². The first kappa shape index (κ1) is 29.7. The molecule has 30 aromatic rings. The third-order valence-corrected chi connectivity index (χ3v) is 27.2. The zero-order chi connectivity index (χ0) is 46.2. The van der Waals surface area contributed by atoms with Crippen LogP contribution in [0.5, 0.6) is 5.75 Å². The van der Waals surface area contributed by atoms with E-state index in [0.717, 1.165) is 5.75 Å². The van der Waals surface area contributed by atoms with Crippen molar-refractivity contribution in [1.82, 2.24) is 5.32 Å². The highest BCUT2D eigenvalue weighted by atomic mass is 16.5. The molecule has 1 N–H and O–H groups in total. The van der Waals surface area contributed by atoms with Crippen LogP contribution in [0.3, 0.4) is 0 Å². The maximum Gasteiger partial charge on any atom is 0.118 e. The van der Waals surface area contributed by atoms with E-state index in [-0.39, 0.29) is 12.1 Å². The molecule has 326 valence electrons. The normalized spacial score (nSPS) is 23.4. The van der Waals surface area contributed by atoms with Crippen LogP contribution in [-0.2, 0) is 10.8 Å². The van der Waals surface area contributed by atoms with Crippen molar-refractivity contribution in [1.29, 1.82) is 0 Å². The molecule has 2 nitrogen and oxygen atoms in total. The molecule has 4 aliphatic carbocycles. The van der Waals surface area contributed by atoms with Gasteiger partial charge in [-0.1, -0.05) is 42.5 Å². The van der Waals surface area contributed by atoms with E-state index in [1.165, 1.54) is 11.1 Å². The van der Waals surface area contributed by atoms with Gasteiger partial charge in [0.25, 0.3) is 0 Å². The molecule has 30 aromatic carbocycles. The Morgan fingerprint density at radius 2 is 0.416 bits per heavy atom. The minimum atomic E-state index is -0.465. The fourth-order valence-electron chi connectivity index (χ4n) is 26.9. The van der Waals surface area contributed by atoms with Crippen LogP contribution in [0, 0.1) is 0 Å². The summed E-state index contributed by atoms with van der Waals surface area (Å²) < 4.78 is 6.04. The van der Waals surface area contributed by atoms with Crippen LogP contribution >= 0.6 is 0 Å². The smallest absolute Gasteiger partial charge is 0.118 e. The van der Waals surface area contributed by atoms with Crippen molar-refractivity contribution in [2.24, 2.45) is 0 Å². The molecular formula is C75H15NO. The SMILES string of the molecule is COc1ccc(C2NC(c3ccccc3)C34c5c6c7c8c9c%10c(c%11c%12c3c3c5c5c%13c6c6c7c7c9c9c%14c%10c%10c%11c%11c%12c%12c3c3c5c5c%13c%13c6c6c7c9c7c9c%14c%10c%10c%11c%11c%12c3c3c5c5c%13c6c7c6c9c%10c%11c3c56)C824)cc1. The second-order valence-electron chi connectivity index (χ2n) is 27.6. The highest BCUT2D eigenvalue weighted by molar-refractivity contribution is 6.82. The summed E-state index contributed by atoms with van der Waals surface area (Å²) in [5.41, 5.74) is 8.74. The molecule has 1 aliphatic heterocycles. The highest BCUT2D eigenvalue weighted by Gasteiger charge is 2.77. The molecule has 2 heteroatoms. The van der Waals surface area contributed by atoms with Crippen LogP contribution < -0.4 is 10.1 Å². The van der Waals surface area contributed by atoms with E-state index in [1.807, 2.05) is 7.11 Å². The maximum atomic E-state index is 6.04. The van der Waals surface area contributed by atoms with Gasteiger partial charge in [0.2, 0.25) is 0 Å². The topological polar surface area (TPSA) is 21.3 Å². The second-order valence-corrected chi connectivity index (χ2v) is 27.6. The Labute approximate surface area is 422 Å². The quantitative estimate of drug-likeness (QED) is 0.178. The molecule has 2 unspecified atom stereocenters. The molecule has 1 saturated heterocycles. The Hall–Kier alpha value is -9.34. The summed E-state index contributed by atoms with van der Waals surface area (Å²) in [6.07, 6.45) is 0. The van der Waals surface area contributed by atoms with E-state index < -0.39 is 10.8 Å². The number of hydrogen-bond donors (Lipinski definition) is 1. The zero-order valence-electron chi connectivity index (χ0n) is 39.8. The Morgan fingerprint density at radius 3 is 0.610 bits per heavy atom. The van der Waals surface area contributed by atoms with E-state index >= 15 is 0 Å². The van der Waals surface area contributed by atoms with Crippen LogP contribution in [0.2, 0.25) is 0 Å². The molecule has 1 fully saturated rings. The number of rotatable bonds is 3. The van der Waals surface area contributed by atoms with Crippen LogP contribution in [0.25, 0.3) is 291 Å². The third kappa shape index (κ3) is 1.68. The molecule has 77 heavy (non-hydrogen) atoms. The average molecular weight is 946 g/mol. The first-order valence-electron chi connectivity index (χ1n) is 28.6. The van der Waals surface area contributed by atoms with Crippen molar-refractivity contribution in [3.8, 4) is 5.75 Å². The molecule has 2 spiro atoms. The predicted octanol–water partition coefficient (Wildman–Crippen LogP) is 19.4. The first-order valence-corrected chi connectivity index (χ1v) is 28.6. The van der Waals surface area contributed by atoms with Gasteiger partial charge in [0.1, 0.15) is 5.75 Å². The van der Waals surface area contributed by atoms with Crippen LogP contribution in [0.4, 0.5) is 0 Å². The minimum absolute atomic E-state index is 0.00607. The Balaban J connectivity index is 1.10. The molecule has 1 heterocycles. The van der Waals surface area contributed by atoms with Gasteiger partial charge in [-0.2, -0.15) is 0 Å². The fraction of sp³-hybridized carbons (Fsp3) is 0.0667. The monoisotopic (exact) mass is 945 g/mol. The van der Waals surface area contributed by atoms with Gasteiger partial charge in [0, 0.05) is 12.1 Å². The van der Waals surface area contributed by atoms with Crippen molar-refractivity contribution in [3.63, 3.8) is 0 Å². The molecular weight excluding hydrogens is 931 g/mol. The summed E-state index contributed by atoms with van der Waals surface area (Å²) in [5.74, 6) is 0.930. The molecule has 0 bridgehead atoms. The van der Waals surface area contributed by atoms with E-state index in [4.69, 9.17) is 10.1 Å². The summed E-state index contributed by atoms with van der Waals surface area (Å²) in [5, 5.41) is 93.8. The minimum Gasteiger partial charge on any atom is -0.497 e. The van der Waals surface area contributed by atoms with Crippen LogP contribution in [-0.4, -0.2) is 7.11 Å². The van der Waals surface area contributed by atoms with Gasteiger partial charge < -0.3 is 10.1 Å². The maximum absolute atomic E-state index is 6.04. The summed E-state index contributed by atoms with van der Waals surface area (Å²) in [6.45, 7) is 0. The van der Waals surface area contributed by atoms with Gasteiger partial charge in [-0.05, 0) is 336 Å². The van der Waals surface area contributed by atoms with E-state index in [1.54, 1.807) is 313 Å². The third-order valence-electron chi connectivity index (χ3n) is 27.2. The van der Waals surface area contributed by atoms with Crippen LogP contribution in [0.15, 0.2) is 54.6 Å². The largest absolute Gasteiger partial charge is 0.497 e. The fourth-order valence-corrected chi connectivity index (χ4v) is 26.9. The molecule has 0 aromatic heterocycles. The lowest BCUT2D eigenvalue weighted by Gasteiger charge is -2.53. The van der Waals surface area contributed by atoms with Crippen molar-refractivity contribution < 1.29 is 4.74 Å². The number of hydrogen-bond acceptors (Lipinski definition) is 2. The summed E-state index contributed by atoms with van der Waals surface area (Å²) >= 11 is 0. The number of benzene rings is 20. The Bertz CT molecular complexity index is 7610. The predicted molar refractivity (Wildman–Crippen MR) is 322 cm³/mol. The van der Waals surface area contributed by atoms with Crippen LogP contribution in [0.1, 0.15) is 45.5 Å². The van der Waals surface area contributed by atoms with Gasteiger partial charge in [-0.15, -0.1) is 0 Å². The molecule has 35 rings (SSSR count). The standard InChI is InChI=1S/C75H15NO/c1-77-13-9-7-12(8-10-13)73-75-70-62-54-44-34-26-18-15-14-16-20-22(18)30-36-28(20)38-32-24(16)25-17(14)21-23-19(15)27(26)35-41-31(23)37-29(21)39-33(25)43-42(32)52-46(38)56-50(36)58(48(54)40(30)34)66(70)64(56)68-60(52)61-53(43)47(39)57-51(37)59-49(41)55(45(35)44)63(62)71(75)67(59)65(57)69(61)74(68,75)72(76-73)11-5-3-2-4-6-11/h2-10,72-73,76H,1H3. The van der Waals surface area contributed by atoms with Gasteiger partial charge in [0.05, 0.1) is 17.9 Å². The molecule has 0 saturated carbocycles. The number of methoxy groups -OCH3 is 1. The Kier molecular flexibility index (Phi) is 2.70. The Morgan fingerprint density at radius 1 is 0.234 bits per heavy atom. The lowest BCUT2D eigenvalue weighted by Crippen LogP contribution is -2.52. The van der Waals surface area contributed by atoms with E-state index in [0.29, 0.717) is 0 Å². The van der Waals surface area contributed by atoms with Crippen molar-refractivity contribution >= 4 is 291 Å². The zero-order valence-corrected chi connectivity index (χ0v) is 39.8. The summed E-state index contributed by atoms with van der Waals surface area (Å²) in [6, 6.07) is 21.5. The summed E-state index contributed by atoms with van der Waals surface area (Å²) in [4.78, 5) is 0. The van der Waals surface area contributed by atoms with Crippen molar-refractivity contribution in [2.45, 2.75) is 22.9 Å². The molecule has 5 aliphatic rings.